The van der Waals surface area contributed by atoms with E-state index in [1.54, 1.807) is 42.2 Å². The van der Waals surface area contributed by atoms with Gasteiger partial charge in [0.15, 0.2) is 0 Å². The molecule has 1 amide bonds. The van der Waals surface area contributed by atoms with Gasteiger partial charge in [0.2, 0.25) is 0 Å². The minimum atomic E-state index is -0.310. The molecule has 5 nitrogen and oxygen atoms in total. The normalized spacial score (nSPS) is 10.5. The Hall–Kier alpha value is -3.02. The second-order valence-corrected chi connectivity index (χ2v) is 5.12. The van der Waals surface area contributed by atoms with Crippen molar-refractivity contribution in [2.24, 2.45) is 7.05 Å². The molecule has 0 aliphatic heterocycles. The number of aromatic nitrogens is 3. The zero-order chi connectivity index (χ0) is 16.2. The zero-order valence-electron chi connectivity index (χ0n) is 12.5. The topological polar surface area (TPSA) is 59.8 Å². The van der Waals surface area contributed by atoms with E-state index in [4.69, 9.17) is 0 Å². The SMILES string of the molecule is Cn1nccc1NC(=O)c1cccc(Cc2cccc(F)c2)n1. The molecule has 6 heteroatoms. The van der Waals surface area contributed by atoms with Gasteiger partial charge in [0.05, 0.1) is 6.20 Å². The lowest BCUT2D eigenvalue weighted by Crippen LogP contribution is -2.16. The first-order valence-electron chi connectivity index (χ1n) is 7.11. The van der Waals surface area contributed by atoms with Crippen LogP contribution in [-0.2, 0) is 13.5 Å². The molecule has 0 aliphatic rings. The molecule has 0 aliphatic carbocycles. The van der Waals surface area contributed by atoms with Gasteiger partial charge in [-0.05, 0) is 29.8 Å². The van der Waals surface area contributed by atoms with Gasteiger partial charge >= 0.3 is 0 Å². The number of hydrogen-bond donors (Lipinski definition) is 1. The summed E-state index contributed by atoms with van der Waals surface area (Å²) in [5, 5.41) is 6.74. The van der Waals surface area contributed by atoms with Crippen LogP contribution in [0.3, 0.4) is 0 Å². The largest absolute Gasteiger partial charge is 0.305 e. The predicted molar refractivity (Wildman–Crippen MR) is 84.6 cm³/mol. The fraction of sp³-hybridized carbons (Fsp3) is 0.118. The Morgan fingerprint density at radius 2 is 2.04 bits per heavy atom. The van der Waals surface area contributed by atoms with Crippen LogP contribution < -0.4 is 5.32 Å². The Balaban J connectivity index is 1.77. The number of amides is 1. The maximum Gasteiger partial charge on any atom is 0.275 e. The van der Waals surface area contributed by atoms with Crippen LogP contribution in [0, 0.1) is 5.82 Å². The Bertz CT molecular complexity index is 844. The minimum Gasteiger partial charge on any atom is -0.305 e. The number of hydrogen-bond acceptors (Lipinski definition) is 3. The average Bonchev–Trinajstić information content (AvgIpc) is 2.93. The van der Waals surface area contributed by atoms with Crippen molar-refractivity contribution in [3.63, 3.8) is 0 Å². The van der Waals surface area contributed by atoms with E-state index >= 15 is 0 Å². The van der Waals surface area contributed by atoms with E-state index in [1.165, 1.54) is 12.1 Å². The lowest BCUT2D eigenvalue weighted by molar-refractivity contribution is 0.102. The van der Waals surface area contributed by atoms with Crippen molar-refractivity contribution in [1.82, 2.24) is 14.8 Å². The Morgan fingerprint density at radius 3 is 2.78 bits per heavy atom. The maximum atomic E-state index is 13.2. The third-order valence-electron chi connectivity index (χ3n) is 3.38. The van der Waals surface area contributed by atoms with E-state index in [2.05, 4.69) is 15.4 Å². The number of pyridine rings is 1. The molecule has 0 saturated carbocycles. The van der Waals surface area contributed by atoms with Crippen LogP contribution in [0.5, 0.6) is 0 Å². The number of anilines is 1. The Morgan fingerprint density at radius 1 is 1.22 bits per heavy atom. The highest BCUT2D eigenvalue weighted by Crippen LogP contribution is 2.11. The Labute approximate surface area is 132 Å². The number of nitrogens with zero attached hydrogens (tertiary/aromatic N) is 3. The van der Waals surface area contributed by atoms with Crippen molar-refractivity contribution >= 4 is 11.7 Å². The number of halogens is 1. The van der Waals surface area contributed by atoms with Crippen molar-refractivity contribution in [2.75, 3.05) is 5.32 Å². The van der Waals surface area contributed by atoms with Gasteiger partial charge in [-0.1, -0.05) is 18.2 Å². The van der Waals surface area contributed by atoms with Gasteiger partial charge in [-0.2, -0.15) is 5.10 Å². The molecule has 116 valence electrons. The summed E-state index contributed by atoms with van der Waals surface area (Å²) < 4.78 is 14.8. The molecule has 2 aromatic heterocycles. The summed E-state index contributed by atoms with van der Waals surface area (Å²) in [7, 11) is 1.74. The average molecular weight is 310 g/mol. The van der Waals surface area contributed by atoms with E-state index in [1.807, 2.05) is 12.1 Å². The number of aryl methyl sites for hydroxylation is 1. The summed E-state index contributed by atoms with van der Waals surface area (Å²) in [6.45, 7) is 0. The summed E-state index contributed by atoms with van der Waals surface area (Å²) in [5.41, 5.74) is 1.81. The van der Waals surface area contributed by atoms with Gasteiger partial charge in [-0.15, -0.1) is 0 Å². The Kier molecular flexibility index (Phi) is 4.14. The molecule has 0 radical (unpaired) electrons. The van der Waals surface area contributed by atoms with Gasteiger partial charge in [-0.3, -0.25) is 9.48 Å². The first-order valence-corrected chi connectivity index (χ1v) is 7.11. The fourth-order valence-corrected chi connectivity index (χ4v) is 2.24. The molecule has 0 saturated heterocycles. The van der Waals surface area contributed by atoms with E-state index in [0.29, 0.717) is 23.6 Å². The highest BCUT2D eigenvalue weighted by molar-refractivity contribution is 6.02. The number of carbonyl (C=O) groups is 1. The molecule has 2 heterocycles. The van der Waals surface area contributed by atoms with Crippen LogP contribution in [-0.4, -0.2) is 20.7 Å². The number of rotatable bonds is 4. The minimum absolute atomic E-state index is 0.285. The third kappa shape index (κ3) is 3.60. The summed E-state index contributed by atoms with van der Waals surface area (Å²) in [6.07, 6.45) is 2.06. The molecule has 1 N–H and O–H groups in total. The second-order valence-electron chi connectivity index (χ2n) is 5.12. The quantitative estimate of drug-likeness (QED) is 0.806. The van der Waals surface area contributed by atoms with Crippen molar-refractivity contribution in [3.8, 4) is 0 Å². The molecule has 0 unspecified atom stereocenters. The molecule has 23 heavy (non-hydrogen) atoms. The van der Waals surface area contributed by atoms with Gasteiger partial charge in [0.25, 0.3) is 5.91 Å². The monoisotopic (exact) mass is 310 g/mol. The van der Waals surface area contributed by atoms with Crippen LogP contribution in [0.1, 0.15) is 21.7 Å². The molecule has 1 aromatic carbocycles. The highest BCUT2D eigenvalue weighted by Gasteiger charge is 2.10. The third-order valence-corrected chi connectivity index (χ3v) is 3.38. The van der Waals surface area contributed by atoms with Gasteiger partial charge in [0, 0.05) is 25.2 Å². The molecule has 3 rings (SSSR count). The molecule has 0 atom stereocenters. The van der Waals surface area contributed by atoms with E-state index in [0.717, 1.165) is 5.56 Å². The van der Waals surface area contributed by atoms with Crippen LogP contribution in [0.2, 0.25) is 0 Å². The summed E-state index contributed by atoms with van der Waals surface area (Å²) in [5.74, 6) is -0.00497. The van der Waals surface area contributed by atoms with Gasteiger partial charge in [0.1, 0.15) is 17.3 Å². The molecule has 0 fully saturated rings. The van der Waals surface area contributed by atoms with Gasteiger partial charge < -0.3 is 5.32 Å². The lowest BCUT2D eigenvalue weighted by atomic mass is 10.1. The number of nitrogens with one attached hydrogen (secondary N) is 1. The summed E-state index contributed by atoms with van der Waals surface area (Å²) >= 11 is 0. The van der Waals surface area contributed by atoms with E-state index in [9.17, 15) is 9.18 Å². The molecule has 3 aromatic rings. The zero-order valence-corrected chi connectivity index (χ0v) is 12.5. The van der Waals surface area contributed by atoms with Crippen LogP contribution in [0.15, 0.2) is 54.7 Å². The molecule has 0 spiro atoms. The fourth-order valence-electron chi connectivity index (χ4n) is 2.24. The van der Waals surface area contributed by atoms with E-state index in [-0.39, 0.29) is 11.7 Å². The number of benzene rings is 1. The highest BCUT2D eigenvalue weighted by atomic mass is 19.1. The number of carbonyl (C=O) groups excluding carboxylic acids is 1. The van der Waals surface area contributed by atoms with Crippen molar-refractivity contribution in [2.45, 2.75) is 6.42 Å². The van der Waals surface area contributed by atoms with Crippen LogP contribution >= 0.6 is 0 Å². The maximum absolute atomic E-state index is 13.2. The van der Waals surface area contributed by atoms with E-state index < -0.39 is 0 Å². The van der Waals surface area contributed by atoms with Crippen molar-refractivity contribution < 1.29 is 9.18 Å². The molecular weight excluding hydrogens is 295 g/mol. The summed E-state index contributed by atoms with van der Waals surface area (Å²) in [4.78, 5) is 16.6. The standard InChI is InChI=1S/C17H15FN4O/c1-22-16(8-9-19-22)21-17(23)15-7-3-6-14(20-15)11-12-4-2-5-13(18)10-12/h2-10H,11H2,1H3,(H,21,23). The first kappa shape index (κ1) is 14.9. The second kappa shape index (κ2) is 6.39. The van der Waals surface area contributed by atoms with Crippen molar-refractivity contribution in [1.29, 1.82) is 0 Å². The smallest absolute Gasteiger partial charge is 0.275 e. The predicted octanol–water partition coefficient (Wildman–Crippen LogP) is 2.80. The van der Waals surface area contributed by atoms with Gasteiger partial charge in [-0.25, -0.2) is 9.37 Å². The lowest BCUT2D eigenvalue weighted by Gasteiger charge is -2.07. The summed E-state index contributed by atoms with van der Waals surface area (Å²) in [6, 6.07) is 13.3. The first-order chi connectivity index (χ1) is 11.1. The van der Waals surface area contributed by atoms with Crippen LogP contribution in [0.25, 0.3) is 0 Å². The molecular formula is C17H15FN4O. The van der Waals surface area contributed by atoms with Crippen molar-refractivity contribution in [3.05, 3.63) is 77.5 Å². The molecule has 0 bridgehead atoms. The van der Waals surface area contributed by atoms with Crippen LogP contribution in [0.4, 0.5) is 10.2 Å².